The van der Waals surface area contributed by atoms with Gasteiger partial charge in [0.05, 0.1) is 25.9 Å². The van der Waals surface area contributed by atoms with E-state index >= 15 is 0 Å². The molecule has 24 heavy (non-hydrogen) atoms. The van der Waals surface area contributed by atoms with Crippen LogP contribution in [-0.4, -0.2) is 60.4 Å². The molecular weight excluding hydrogens is 324 g/mol. The van der Waals surface area contributed by atoms with Crippen molar-refractivity contribution in [1.82, 2.24) is 0 Å². The van der Waals surface area contributed by atoms with Gasteiger partial charge in [0.25, 0.3) is 0 Å². The van der Waals surface area contributed by atoms with Gasteiger partial charge in [-0.25, -0.2) is 0 Å². The Labute approximate surface area is 148 Å². The van der Waals surface area contributed by atoms with Gasteiger partial charge in [0.1, 0.15) is 19.0 Å². The van der Waals surface area contributed by atoms with Gasteiger partial charge in [-0.1, -0.05) is 33.8 Å². The fraction of sp³-hybridized carbons (Fsp3) is 0.889. The Morgan fingerprint density at radius 1 is 1.25 bits per heavy atom. The molecule has 1 heterocycles. The summed E-state index contributed by atoms with van der Waals surface area (Å²) < 4.78 is 28.3. The Bertz CT molecular complexity index is 380. The van der Waals surface area contributed by atoms with Crippen molar-refractivity contribution in [3.05, 3.63) is 12.7 Å². The SMILES string of the molecule is C=C[C@@H](C)[C@H](OCOCCOC)[C@H]1O[C@@H]1CO[Si](C)(C)C(C)(C)C. The van der Waals surface area contributed by atoms with Gasteiger partial charge >= 0.3 is 0 Å². The molecule has 0 unspecified atom stereocenters. The predicted octanol–water partition coefficient (Wildman–Crippen LogP) is 3.60. The molecule has 1 aliphatic heterocycles. The number of methoxy groups -OCH3 is 1. The zero-order valence-corrected chi connectivity index (χ0v) is 17.5. The van der Waals surface area contributed by atoms with E-state index in [1.165, 1.54) is 0 Å². The van der Waals surface area contributed by atoms with Crippen molar-refractivity contribution in [3.8, 4) is 0 Å². The van der Waals surface area contributed by atoms with Crippen LogP contribution in [0.25, 0.3) is 0 Å². The fourth-order valence-corrected chi connectivity index (χ4v) is 3.11. The molecule has 0 aromatic heterocycles. The van der Waals surface area contributed by atoms with Crippen LogP contribution in [0.5, 0.6) is 0 Å². The van der Waals surface area contributed by atoms with E-state index in [4.69, 9.17) is 23.4 Å². The quantitative estimate of drug-likeness (QED) is 0.175. The van der Waals surface area contributed by atoms with Crippen LogP contribution in [0.4, 0.5) is 0 Å². The zero-order valence-electron chi connectivity index (χ0n) is 16.5. The second-order valence-corrected chi connectivity index (χ2v) is 12.8. The van der Waals surface area contributed by atoms with Gasteiger partial charge in [0.15, 0.2) is 8.32 Å². The van der Waals surface area contributed by atoms with Gasteiger partial charge in [-0.15, -0.1) is 6.58 Å². The topological polar surface area (TPSA) is 49.5 Å². The highest BCUT2D eigenvalue weighted by Gasteiger charge is 2.49. The van der Waals surface area contributed by atoms with E-state index in [0.717, 1.165) is 0 Å². The van der Waals surface area contributed by atoms with E-state index in [1.54, 1.807) is 7.11 Å². The molecule has 0 amide bonds. The number of hydrogen-bond acceptors (Lipinski definition) is 5. The lowest BCUT2D eigenvalue weighted by molar-refractivity contribution is -0.113. The minimum atomic E-state index is -1.75. The monoisotopic (exact) mass is 360 g/mol. The van der Waals surface area contributed by atoms with Crippen LogP contribution in [-0.2, 0) is 23.4 Å². The van der Waals surface area contributed by atoms with Crippen LogP contribution in [0.2, 0.25) is 18.1 Å². The molecule has 0 aromatic rings. The van der Waals surface area contributed by atoms with Crippen LogP contribution in [0, 0.1) is 5.92 Å². The Morgan fingerprint density at radius 2 is 1.92 bits per heavy atom. The number of epoxide rings is 1. The summed E-state index contributed by atoms with van der Waals surface area (Å²) in [5.74, 6) is 0.193. The minimum absolute atomic E-state index is 0.0498. The van der Waals surface area contributed by atoms with Crippen molar-refractivity contribution in [1.29, 1.82) is 0 Å². The first-order valence-corrected chi connectivity index (χ1v) is 11.6. The third-order valence-electron chi connectivity index (χ3n) is 5.03. The number of rotatable bonds is 12. The van der Waals surface area contributed by atoms with Crippen LogP contribution in [0.1, 0.15) is 27.7 Å². The minimum Gasteiger partial charge on any atom is -0.414 e. The summed E-state index contributed by atoms with van der Waals surface area (Å²) in [5, 5.41) is 0.205. The summed E-state index contributed by atoms with van der Waals surface area (Å²) >= 11 is 0. The molecule has 1 aliphatic rings. The molecule has 0 saturated carbocycles. The molecule has 0 spiro atoms. The van der Waals surface area contributed by atoms with E-state index < -0.39 is 8.32 Å². The third kappa shape index (κ3) is 6.58. The highest BCUT2D eigenvalue weighted by atomic mass is 28.4. The lowest BCUT2D eigenvalue weighted by Gasteiger charge is -2.36. The summed E-state index contributed by atoms with van der Waals surface area (Å²) in [5.41, 5.74) is 0. The Balaban J connectivity index is 2.43. The van der Waals surface area contributed by atoms with Crippen LogP contribution < -0.4 is 0 Å². The summed E-state index contributed by atoms with van der Waals surface area (Å²) in [6, 6.07) is 0. The molecule has 1 saturated heterocycles. The largest absolute Gasteiger partial charge is 0.414 e. The second-order valence-electron chi connectivity index (χ2n) is 7.96. The fourth-order valence-electron chi connectivity index (χ4n) is 2.09. The van der Waals surface area contributed by atoms with Crippen molar-refractivity contribution >= 4 is 8.32 Å². The van der Waals surface area contributed by atoms with Crippen LogP contribution in [0.15, 0.2) is 12.7 Å². The van der Waals surface area contributed by atoms with Gasteiger partial charge in [-0.3, -0.25) is 0 Å². The number of ether oxygens (including phenoxy) is 4. The van der Waals surface area contributed by atoms with Crippen molar-refractivity contribution in [2.24, 2.45) is 5.92 Å². The Hall–Kier alpha value is -0.243. The van der Waals surface area contributed by atoms with Gasteiger partial charge < -0.3 is 23.4 Å². The molecule has 0 bridgehead atoms. The normalized spacial score (nSPS) is 23.8. The smallest absolute Gasteiger partial charge is 0.192 e. The van der Waals surface area contributed by atoms with E-state index in [9.17, 15) is 0 Å². The molecule has 142 valence electrons. The maximum absolute atomic E-state index is 6.25. The maximum Gasteiger partial charge on any atom is 0.192 e. The van der Waals surface area contributed by atoms with E-state index in [1.807, 2.05) is 6.08 Å². The zero-order chi connectivity index (χ0) is 18.4. The molecule has 0 N–H and O–H groups in total. The highest BCUT2D eigenvalue weighted by molar-refractivity contribution is 6.74. The molecule has 0 aliphatic carbocycles. The number of hydrogen-bond donors (Lipinski definition) is 0. The van der Waals surface area contributed by atoms with Crippen molar-refractivity contribution in [2.75, 3.05) is 33.7 Å². The highest BCUT2D eigenvalue weighted by Crippen LogP contribution is 2.38. The lowest BCUT2D eigenvalue weighted by Crippen LogP contribution is -2.42. The second kappa shape index (κ2) is 9.45. The third-order valence-corrected chi connectivity index (χ3v) is 9.53. The van der Waals surface area contributed by atoms with Crippen molar-refractivity contribution in [2.45, 2.75) is 64.1 Å². The standard InChI is InChI=1S/C18H36O5Si/c1-9-14(2)16(21-13-20-11-10-19-6)17-15(23-17)12-22-24(7,8)18(3,4)5/h9,14-17H,1,10-13H2,2-8H3/t14-,15-,16+,17+/m1/s1. The molecule has 6 heteroatoms. The van der Waals surface area contributed by atoms with Gasteiger partial charge in [0, 0.05) is 13.0 Å². The maximum atomic E-state index is 6.25. The summed E-state index contributed by atoms with van der Waals surface area (Å²) in [6.07, 6.45) is 1.99. The van der Waals surface area contributed by atoms with Crippen LogP contribution in [0.3, 0.4) is 0 Å². The first kappa shape index (κ1) is 21.8. The van der Waals surface area contributed by atoms with Gasteiger partial charge in [-0.05, 0) is 18.1 Å². The average molecular weight is 361 g/mol. The van der Waals surface area contributed by atoms with Crippen molar-refractivity contribution in [3.63, 3.8) is 0 Å². The first-order chi connectivity index (χ1) is 11.1. The summed E-state index contributed by atoms with van der Waals surface area (Å²) in [4.78, 5) is 0. The lowest BCUT2D eigenvalue weighted by atomic mass is 10.0. The van der Waals surface area contributed by atoms with Crippen molar-refractivity contribution < 1.29 is 23.4 Å². The van der Waals surface area contributed by atoms with E-state index in [0.29, 0.717) is 19.8 Å². The molecule has 0 aromatic carbocycles. The molecule has 4 atom stereocenters. The molecular formula is C18H36O5Si. The van der Waals surface area contributed by atoms with E-state index in [2.05, 4.69) is 47.4 Å². The van der Waals surface area contributed by atoms with Gasteiger partial charge in [-0.2, -0.15) is 0 Å². The molecule has 1 fully saturated rings. The Morgan fingerprint density at radius 3 is 2.46 bits per heavy atom. The van der Waals surface area contributed by atoms with Gasteiger partial charge in [0.2, 0.25) is 0 Å². The molecule has 0 radical (unpaired) electrons. The van der Waals surface area contributed by atoms with E-state index in [-0.39, 0.29) is 36.1 Å². The summed E-state index contributed by atoms with van der Waals surface area (Å²) in [7, 11) is -0.0968. The molecule has 1 rings (SSSR count). The predicted molar refractivity (Wildman–Crippen MR) is 98.7 cm³/mol. The molecule has 5 nitrogen and oxygen atoms in total. The summed E-state index contributed by atoms with van der Waals surface area (Å²) in [6.45, 7) is 19.2. The first-order valence-electron chi connectivity index (χ1n) is 8.74. The van der Waals surface area contributed by atoms with Crippen LogP contribution >= 0.6 is 0 Å². The average Bonchev–Trinajstić information content (AvgIpc) is 3.26. The Kier molecular flexibility index (Phi) is 8.59.